The smallest absolute Gasteiger partial charge is 0.350 e. The quantitative estimate of drug-likeness (QED) is 0.739. The molecule has 1 unspecified atom stereocenters. The molecule has 3 heterocycles. The lowest BCUT2D eigenvalue weighted by atomic mass is 10.1. The number of aliphatic hydroxyl groups excluding tert-OH is 1. The van der Waals surface area contributed by atoms with Crippen LogP contribution in [-0.4, -0.2) is 57.4 Å². The van der Waals surface area contributed by atoms with E-state index in [1.807, 2.05) is 6.07 Å². The Morgan fingerprint density at radius 2 is 2.19 bits per heavy atom. The maximum Gasteiger partial charge on any atom is 0.350 e. The summed E-state index contributed by atoms with van der Waals surface area (Å²) < 4.78 is 48.0. The largest absolute Gasteiger partial charge is 0.392 e. The summed E-state index contributed by atoms with van der Waals surface area (Å²) in [5.74, 6) is -3.24. The molecule has 0 spiro atoms. The fraction of sp³-hybridized carbons (Fsp3) is 0.500. The molecule has 0 amide bonds. The number of β-amino-alcohol motifs (C(OH)–C–C–N with tert-alkyl or cyclic N) is 1. The Bertz CT molecular complexity index is 975. The highest BCUT2D eigenvalue weighted by Gasteiger charge is 2.34. The summed E-state index contributed by atoms with van der Waals surface area (Å²) in [7, 11) is -4.49. The van der Waals surface area contributed by atoms with Crippen molar-refractivity contribution in [1.82, 2.24) is 18.9 Å². The fourth-order valence-electron chi connectivity index (χ4n) is 2.56. The average molecular weight is 423 g/mol. The SMILES string of the molecule is Cc1c(C#N)c(Cl)c2cnc(N)nn12.O=S(=O)(C(F)F)N1CCCC(O)C1. The van der Waals surface area contributed by atoms with E-state index in [0.29, 0.717) is 38.9 Å². The van der Waals surface area contributed by atoms with Crippen LogP contribution >= 0.6 is 11.6 Å². The van der Waals surface area contributed by atoms with E-state index in [4.69, 9.17) is 27.7 Å². The van der Waals surface area contributed by atoms with Crippen molar-refractivity contribution in [3.05, 3.63) is 22.5 Å². The zero-order valence-electron chi connectivity index (χ0n) is 14.2. The highest BCUT2D eigenvalue weighted by Crippen LogP contribution is 2.26. The summed E-state index contributed by atoms with van der Waals surface area (Å²) in [5, 5.41) is 22.2. The Morgan fingerprint density at radius 1 is 1.52 bits per heavy atom. The molecule has 148 valence electrons. The first kappa shape index (κ1) is 21.2. The average Bonchev–Trinajstić information content (AvgIpc) is 2.85. The van der Waals surface area contributed by atoms with Crippen LogP contribution in [0.5, 0.6) is 0 Å². The number of sulfonamides is 1. The Labute approximate surface area is 159 Å². The van der Waals surface area contributed by atoms with E-state index < -0.39 is 21.9 Å². The standard InChI is InChI=1S/C8H6ClN5.C6H11F2NO3S/c1-4-5(2-10)7(9)6-3-12-8(11)13-14(4)6;7-6(8)13(11,12)9-3-1-2-5(10)4-9/h3H,1H3,(H2,11,13);5-6,10H,1-4H2. The highest BCUT2D eigenvalue weighted by molar-refractivity contribution is 7.89. The first-order valence-corrected chi connectivity index (χ1v) is 9.62. The van der Waals surface area contributed by atoms with Gasteiger partial charge < -0.3 is 10.8 Å². The Balaban J connectivity index is 0.000000194. The monoisotopic (exact) mass is 422 g/mol. The summed E-state index contributed by atoms with van der Waals surface area (Å²) in [4.78, 5) is 3.81. The number of anilines is 1. The number of hydrogen-bond donors (Lipinski definition) is 2. The van der Waals surface area contributed by atoms with Gasteiger partial charge in [0.15, 0.2) is 0 Å². The number of nitrogen functional groups attached to an aromatic ring is 1. The van der Waals surface area contributed by atoms with Crippen LogP contribution in [-0.2, 0) is 10.0 Å². The van der Waals surface area contributed by atoms with Gasteiger partial charge in [-0.05, 0) is 19.8 Å². The van der Waals surface area contributed by atoms with E-state index in [1.54, 1.807) is 6.92 Å². The molecule has 3 rings (SSSR count). The summed E-state index contributed by atoms with van der Waals surface area (Å²) >= 11 is 5.95. The predicted molar refractivity (Wildman–Crippen MR) is 93.6 cm³/mol. The third-order valence-corrected chi connectivity index (χ3v) is 5.81. The highest BCUT2D eigenvalue weighted by atomic mass is 35.5. The Hall–Kier alpha value is -2.07. The van der Waals surface area contributed by atoms with Gasteiger partial charge in [0.1, 0.15) is 11.6 Å². The van der Waals surface area contributed by atoms with E-state index in [2.05, 4.69) is 10.1 Å². The van der Waals surface area contributed by atoms with Gasteiger partial charge in [0.25, 0.3) is 10.0 Å². The van der Waals surface area contributed by atoms with Crippen LogP contribution in [0.3, 0.4) is 0 Å². The van der Waals surface area contributed by atoms with Crippen LogP contribution in [0, 0.1) is 18.3 Å². The summed E-state index contributed by atoms with van der Waals surface area (Å²) in [6, 6.07) is 2.01. The molecule has 0 aliphatic carbocycles. The van der Waals surface area contributed by atoms with Crippen molar-refractivity contribution in [3.63, 3.8) is 0 Å². The Morgan fingerprint density at radius 3 is 2.74 bits per heavy atom. The molecule has 1 aliphatic heterocycles. The zero-order chi connectivity index (χ0) is 20.4. The molecule has 0 saturated carbocycles. The molecule has 2 aromatic rings. The molecule has 3 N–H and O–H groups in total. The number of aryl methyl sites for hydroxylation is 1. The number of nitrogens with zero attached hydrogens (tertiary/aromatic N) is 5. The van der Waals surface area contributed by atoms with Crippen molar-refractivity contribution >= 4 is 33.1 Å². The number of aromatic nitrogens is 3. The lowest BCUT2D eigenvalue weighted by Crippen LogP contribution is -2.44. The van der Waals surface area contributed by atoms with E-state index in [-0.39, 0.29) is 19.0 Å². The Kier molecular flexibility index (Phi) is 6.53. The number of hydrogen-bond acceptors (Lipinski definition) is 7. The van der Waals surface area contributed by atoms with Crippen molar-refractivity contribution in [2.75, 3.05) is 18.8 Å². The van der Waals surface area contributed by atoms with Crippen LogP contribution in [0.4, 0.5) is 14.7 Å². The number of piperidine rings is 1. The van der Waals surface area contributed by atoms with Crippen LogP contribution in [0.2, 0.25) is 5.02 Å². The van der Waals surface area contributed by atoms with Crippen LogP contribution in [0.1, 0.15) is 24.1 Å². The summed E-state index contributed by atoms with van der Waals surface area (Å²) in [6.07, 6.45) is 1.57. The minimum absolute atomic E-state index is 0.0731. The van der Waals surface area contributed by atoms with E-state index in [9.17, 15) is 17.2 Å². The molecular weight excluding hydrogens is 406 g/mol. The van der Waals surface area contributed by atoms with Gasteiger partial charge >= 0.3 is 5.76 Å². The summed E-state index contributed by atoms with van der Waals surface area (Å²) in [6.45, 7) is 1.61. The minimum Gasteiger partial charge on any atom is -0.392 e. The van der Waals surface area contributed by atoms with Gasteiger partial charge in [-0.2, -0.15) is 18.3 Å². The van der Waals surface area contributed by atoms with Gasteiger partial charge in [0.2, 0.25) is 5.95 Å². The first-order valence-electron chi connectivity index (χ1n) is 7.74. The molecule has 9 nitrogen and oxygen atoms in total. The molecule has 0 radical (unpaired) electrons. The van der Waals surface area contributed by atoms with E-state index >= 15 is 0 Å². The second kappa shape index (κ2) is 8.30. The van der Waals surface area contributed by atoms with Gasteiger partial charge in [0, 0.05) is 13.1 Å². The summed E-state index contributed by atoms with van der Waals surface area (Å²) in [5.41, 5.74) is 7.09. The number of rotatable bonds is 2. The van der Waals surface area contributed by atoms with Gasteiger partial charge in [-0.1, -0.05) is 11.6 Å². The third-order valence-electron chi connectivity index (χ3n) is 3.93. The molecule has 0 aromatic carbocycles. The van der Waals surface area contributed by atoms with Crippen molar-refractivity contribution < 1.29 is 22.3 Å². The van der Waals surface area contributed by atoms with E-state index in [0.717, 1.165) is 0 Å². The third kappa shape index (κ3) is 4.44. The topological polar surface area (TPSA) is 138 Å². The number of fused-ring (bicyclic) bond motifs is 1. The molecule has 1 atom stereocenters. The number of halogens is 3. The van der Waals surface area contributed by atoms with Crippen molar-refractivity contribution in [3.8, 4) is 6.07 Å². The molecule has 1 fully saturated rings. The molecule has 27 heavy (non-hydrogen) atoms. The van der Waals surface area contributed by atoms with Gasteiger partial charge in [-0.3, -0.25) is 0 Å². The lowest BCUT2D eigenvalue weighted by Gasteiger charge is -2.28. The molecule has 0 bridgehead atoms. The molecule has 2 aromatic heterocycles. The second-order valence-corrected chi connectivity index (χ2v) is 8.04. The van der Waals surface area contributed by atoms with Gasteiger partial charge in [0.05, 0.1) is 28.6 Å². The maximum atomic E-state index is 12.0. The maximum absolute atomic E-state index is 12.0. The molecule has 13 heteroatoms. The van der Waals surface area contributed by atoms with Crippen molar-refractivity contribution in [2.24, 2.45) is 0 Å². The molecule has 1 aliphatic rings. The normalized spacial score (nSPS) is 18.2. The van der Waals surface area contributed by atoms with Gasteiger partial charge in [-0.15, -0.1) is 5.10 Å². The van der Waals surface area contributed by atoms with E-state index in [1.165, 1.54) is 10.7 Å². The zero-order valence-corrected chi connectivity index (χ0v) is 15.8. The van der Waals surface area contributed by atoms with Crippen molar-refractivity contribution in [1.29, 1.82) is 5.26 Å². The molecular formula is C14H17ClF2N6O3S. The first-order chi connectivity index (χ1) is 12.6. The predicted octanol–water partition coefficient (Wildman–Crippen LogP) is 1.14. The number of alkyl halides is 2. The number of nitrogens with two attached hydrogens (primary N) is 1. The number of aliphatic hydroxyl groups is 1. The number of nitriles is 1. The van der Waals surface area contributed by atoms with Crippen LogP contribution in [0.15, 0.2) is 6.20 Å². The molecule has 1 saturated heterocycles. The fourth-order valence-corrected chi connectivity index (χ4v) is 3.85. The van der Waals surface area contributed by atoms with Crippen LogP contribution in [0.25, 0.3) is 5.52 Å². The van der Waals surface area contributed by atoms with Crippen molar-refractivity contribution in [2.45, 2.75) is 31.6 Å². The van der Waals surface area contributed by atoms with Crippen LogP contribution < -0.4 is 5.73 Å². The second-order valence-electron chi connectivity index (χ2n) is 5.76. The minimum atomic E-state index is -4.49. The van der Waals surface area contributed by atoms with Gasteiger partial charge in [-0.25, -0.2) is 17.9 Å². The lowest BCUT2D eigenvalue weighted by molar-refractivity contribution is 0.103.